The molecule has 0 fully saturated rings. The SMILES string of the molecule is Cc1cc(Nc2nc(NC(C)(C)C)ncc2C)ccc1Cl.Cc1ccc(Nc2nc(NC(C)(C)C)ncc2C)cc1.Cc1cnc(NC(C)(C)C)nc1Nc1ccc2sccc2c1.Cc1cnc(NC(C)(C)C)nc1Nc1ccccc1. The molecule has 432 valence electrons. The summed E-state index contributed by atoms with van der Waals surface area (Å²) in [5.74, 6) is 5.80. The summed E-state index contributed by atoms with van der Waals surface area (Å²) in [6, 6.07) is 32.6. The van der Waals surface area contributed by atoms with Crippen LogP contribution < -0.4 is 42.5 Å². The van der Waals surface area contributed by atoms with Crippen molar-refractivity contribution in [1.82, 2.24) is 39.9 Å². The molecule has 0 saturated carbocycles. The predicted octanol–water partition coefficient (Wildman–Crippen LogP) is 17.4. The summed E-state index contributed by atoms with van der Waals surface area (Å²) in [5, 5.41) is 30.6. The maximum Gasteiger partial charge on any atom is 0.225 e. The first-order valence-electron chi connectivity index (χ1n) is 27.3. The van der Waals surface area contributed by atoms with Gasteiger partial charge in [0.1, 0.15) is 23.3 Å². The standard InChI is InChI=1S/C17H20N4S.C16H21ClN4.C16H22N4.C15H20N4/c1-11-10-18-16(21-17(2,3)4)20-15(11)19-13-5-6-14-12(9-13)7-8-22-14;1-10-8-12(6-7-13(10)17)19-14-11(2)9-18-15(20-14)21-16(3,4)5;1-11-6-8-13(9-7-11)18-14-12(2)10-17-15(19-14)20-16(3,4)5;1-11-10-16-14(19-15(2,3)4)18-13(11)17-12-8-6-5-7-9-12/h5-10H,1-4H3,(H2,18,19,20,21);6-9H,1-5H3,(H2,18,19,20,21);6-10H,1-5H3,(H2,17,18,19,20);5-10H,1-4H3,(H2,16,17,18,19). The van der Waals surface area contributed by atoms with Crippen LogP contribution >= 0.6 is 22.9 Å². The van der Waals surface area contributed by atoms with Crippen molar-refractivity contribution in [2.75, 3.05) is 42.5 Å². The van der Waals surface area contributed by atoms with Crippen LogP contribution in [-0.2, 0) is 0 Å². The number of hydrogen-bond acceptors (Lipinski definition) is 17. The molecule has 0 aliphatic rings. The lowest BCUT2D eigenvalue weighted by atomic mass is 10.1. The predicted molar refractivity (Wildman–Crippen MR) is 349 cm³/mol. The van der Waals surface area contributed by atoms with Gasteiger partial charge in [-0.25, -0.2) is 19.9 Å². The van der Waals surface area contributed by atoms with Gasteiger partial charge in [-0.1, -0.05) is 47.5 Å². The number of rotatable bonds is 12. The van der Waals surface area contributed by atoms with Crippen LogP contribution in [-0.4, -0.2) is 62.0 Å². The van der Waals surface area contributed by atoms with E-state index in [1.165, 1.54) is 15.6 Å². The Morgan fingerprint density at radius 3 is 1.09 bits per heavy atom. The van der Waals surface area contributed by atoms with Crippen LogP contribution in [0.15, 0.2) is 127 Å². The zero-order valence-electron chi connectivity index (χ0n) is 51.0. The lowest BCUT2D eigenvalue weighted by molar-refractivity contribution is 0.625. The number of fused-ring (bicyclic) bond motifs is 1. The molecule has 5 heterocycles. The minimum Gasteiger partial charge on any atom is -0.350 e. The molecule has 0 aliphatic heterocycles. The van der Waals surface area contributed by atoms with E-state index in [0.29, 0.717) is 23.8 Å². The van der Waals surface area contributed by atoms with Crippen molar-refractivity contribution in [2.45, 2.75) is 147 Å². The summed E-state index contributed by atoms with van der Waals surface area (Å²) in [7, 11) is 0. The number of anilines is 12. The molecule has 0 aliphatic carbocycles. The van der Waals surface area contributed by atoms with Crippen molar-refractivity contribution in [2.24, 2.45) is 0 Å². The minimum atomic E-state index is -0.0800. The summed E-state index contributed by atoms with van der Waals surface area (Å²) in [6.07, 6.45) is 7.31. The second-order valence-corrected chi connectivity index (χ2v) is 25.6. The molecule has 0 unspecified atom stereocenters. The smallest absolute Gasteiger partial charge is 0.225 e. The fraction of sp³-hybridized carbons (Fsp3) is 0.344. The van der Waals surface area contributed by atoms with Crippen LogP contribution in [0, 0.1) is 41.5 Å². The summed E-state index contributed by atoms with van der Waals surface area (Å²) >= 11 is 7.80. The molecule has 8 N–H and O–H groups in total. The van der Waals surface area contributed by atoms with Crippen molar-refractivity contribution >= 4 is 103 Å². The maximum atomic E-state index is 6.05. The highest BCUT2D eigenvalue weighted by molar-refractivity contribution is 7.17. The number of thiophene rings is 1. The molecule has 0 bridgehead atoms. The molecule has 4 aromatic carbocycles. The third-order valence-corrected chi connectivity index (χ3v) is 12.6. The van der Waals surface area contributed by atoms with E-state index in [9.17, 15) is 0 Å². The topological polar surface area (TPSA) is 199 Å². The first kappa shape index (κ1) is 63.0. The Hall–Kier alpha value is -8.15. The van der Waals surface area contributed by atoms with Gasteiger partial charge in [0.05, 0.1) is 0 Å². The molecular formula is C64H83ClN16S. The van der Waals surface area contributed by atoms with Gasteiger partial charge < -0.3 is 42.5 Å². The third kappa shape index (κ3) is 21.4. The molecule has 18 heteroatoms. The van der Waals surface area contributed by atoms with Gasteiger partial charge in [0.2, 0.25) is 23.8 Å². The molecule has 0 radical (unpaired) electrons. The highest BCUT2D eigenvalue weighted by Crippen LogP contribution is 2.29. The number of para-hydroxylation sites is 1. The van der Waals surface area contributed by atoms with Crippen LogP contribution in [0.3, 0.4) is 0 Å². The molecule has 9 rings (SSSR count). The van der Waals surface area contributed by atoms with Gasteiger partial charge in [-0.3, -0.25) is 0 Å². The second-order valence-electron chi connectivity index (χ2n) is 24.3. The fourth-order valence-corrected chi connectivity index (χ4v) is 8.22. The summed E-state index contributed by atoms with van der Waals surface area (Å²) < 4.78 is 1.29. The Balaban J connectivity index is 0.000000176. The highest BCUT2D eigenvalue weighted by Gasteiger charge is 2.17. The highest BCUT2D eigenvalue weighted by atomic mass is 35.5. The third-order valence-electron chi connectivity index (χ3n) is 11.3. The monoisotopic (exact) mass is 1140 g/mol. The van der Waals surface area contributed by atoms with Crippen LogP contribution in [0.2, 0.25) is 5.02 Å². The van der Waals surface area contributed by atoms with Gasteiger partial charge in [0, 0.05) is 102 Å². The van der Waals surface area contributed by atoms with E-state index in [0.717, 1.165) is 78.9 Å². The number of halogens is 1. The maximum absolute atomic E-state index is 6.05. The van der Waals surface area contributed by atoms with Crippen molar-refractivity contribution in [3.8, 4) is 0 Å². The van der Waals surface area contributed by atoms with E-state index in [2.05, 4.69) is 214 Å². The normalized spacial score (nSPS) is 11.4. The Morgan fingerprint density at radius 2 is 0.707 bits per heavy atom. The Kier molecular flexibility index (Phi) is 21.2. The fourth-order valence-electron chi connectivity index (χ4n) is 7.33. The van der Waals surface area contributed by atoms with Crippen LogP contribution in [0.5, 0.6) is 0 Å². The van der Waals surface area contributed by atoms with Crippen LogP contribution in [0.1, 0.15) is 116 Å². The summed E-state index contributed by atoms with van der Waals surface area (Å²) in [5.41, 5.74) is 10.1. The van der Waals surface area contributed by atoms with E-state index in [1.54, 1.807) is 11.3 Å². The Morgan fingerprint density at radius 1 is 0.366 bits per heavy atom. The average Bonchev–Trinajstić information content (AvgIpc) is 4.01. The van der Waals surface area contributed by atoms with Gasteiger partial charge in [-0.05, 0) is 208 Å². The van der Waals surface area contributed by atoms with E-state index in [-0.39, 0.29) is 22.2 Å². The summed E-state index contributed by atoms with van der Waals surface area (Å²) in [4.78, 5) is 35.5. The molecule has 0 amide bonds. The molecule has 0 spiro atoms. The minimum absolute atomic E-state index is 0.0563. The van der Waals surface area contributed by atoms with E-state index < -0.39 is 0 Å². The number of nitrogens with zero attached hydrogens (tertiary/aromatic N) is 8. The lowest BCUT2D eigenvalue weighted by Crippen LogP contribution is -2.27. The first-order chi connectivity index (χ1) is 38.4. The van der Waals surface area contributed by atoms with E-state index >= 15 is 0 Å². The van der Waals surface area contributed by atoms with Gasteiger partial charge in [-0.15, -0.1) is 11.3 Å². The molecule has 0 atom stereocenters. The molecule has 82 heavy (non-hydrogen) atoms. The van der Waals surface area contributed by atoms with Crippen LogP contribution in [0.4, 0.5) is 69.8 Å². The van der Waals surface area contributed by atoms with Crippen molar-refractivity contribution in [3.63, 3.8) is 0 Å². The molecule has 5 aromatic heterocycles. The van der Waals surface area contributed by atoms with Gasteiger partial charge >= 0.3 is 0 Å². The number of aryl methyl sites for hydroxylation is 6. The number of aromatic nitrogens is 8. The zero-order chi connectivity index (χ0) is 60.0. The molecule has 9 aromatic rings. The van der Waals surface area contributed by atoms with Crippen molar-refractivity contribution in [3.05, 3.63) is 166 Å². The summed E-state index contributed by atoms with van der Waals surface area (Å²) in [6.45, 7) is 37.0. The molecule has 16 nitrogen and oxygen atoms in total. The quantitative estimate of drug-likeness (QED) is 0.0574. The molecular weight excluding hydrogens is 1060 g/mol. The second kappa shape index (κ2) is 27.5. The molecule has 0 saturated heterocycles. The zero-order valence-corrected chi connectivity index (χ0v) is 52.6. The van der Waals surface area contributed by atoms with Crippen molar-refractivity contribution in [1.29, 1.82) is 0 Å². The average molecular weight is 1140 g/mol. The van der Waals surface area contributed by atoms with Gasteiger partial charge in [0.25, 0.3) is 0 Å². The van der Waals surface area contributed by atoms with Crippen LogP contribution in [0.25, 0.3) is 10.1 Å². The first-order valence-corrected chi connectivity index (χ1v) is 28.6. The lowest BCUT2D eigenvalue weighted by Gasteiger charge is -2.21. The van der Waals surface area contributed by atoms with E-state index in [4.69, 9.17) is 11.6 Å². The van der Waals surface area contributed by atoms with Crippen molar-refractivity contribution < 1.29 is 0 Å². The Labute approximate surface area is 495 Å². The number of benzene rings is 4. The Bertz CT molecular complexity index is 3500. The van der Waals surface area contributed by atoms with Gasteiger partial charge in [0.15, 0.2) is 0 Å². The number of nitrogens with one attached hydrogen (secondary N) is 8. The number of hydrogen-bond donors (Lipinski definition) is 8. The van der Waals surface area contributed by atoms with Gasteiger partial charge in [-0.2, -0.15) is 19.9 Å². The van der Waals surface area contributed by atoms with E-state index in [1.807, 2.05) is 120 Å². The largest absolute Gasteiger partial charge is 0.350 e.